The molecule has 8 aromatic rings. The molecular weight excluding hydrogens is 494 g/mol. The molecule has 0 unspecified atom stereocenters. The fourth-order valence-corrected chi connectivity index (χ4v) is 5.65. The maximum Gasteiger partial charge on any atom is 0.0645 e. The first-order chi connectivity index (χ1) is 24.1. The molecule has 1 heteroatoms. The summed E-state index contributed by atoms with van der Waals surface area (Å²) < 4.78 is 80.7. The molecule has 0 atom stereocenters. The minimum Gasteiger partial charge on any atom is -0.310 e. The SMILES string of the molecule is [2H]c1c([2H])c([2H])c(N(c2c([2H])c([2H])c(-c3ccc4ccc5ccccc5c4c3)c([2H])c2[2H])c2cc3ccccc3c3ccccc23)c([2H])c1[2H]. The summed E-state index contributed by atoms with van der Waals surface area (Å²) in [6, 6.07) is 30.2. The van der Waals surface area contributed by atoms with Gasteiger partial charge in [-0.15, -0.1) is 0 Å². The molecule has 0 bridgehead atoms. The van der Waals surface area contributed by atoms with Gasteiger partial charge >= 0.3 is 0 Å². The smallest absolute Gasteiger partial charge is 0.0645 e. The molecule has 0 fully saturated rings. The maximum atomic E-state index is 9.42. The van der Waals surface area contributed by atoms with Crippen molar-refractivity contribution >= 4 is 60.2 Å². The van der Waals surface area contributed by atoms with Crippen molar-refractivity contribution < 1.29 is 12.3 Å². The van der Waals surface area contributed by atoms with E-state index in [0.717, 1.165) is 37.7 Å². The Bertz CT molecular complexity index is 2670. The highest BCUT2D eigenvalue weighted by Gasteiger charge is 2.17. The Hall–Kier alpha value is -5.40. The summed E-state index contributed by atoms with van der Waals surface area (Å²) in [6.07, 6.45) is 0. The summed E-state index contributed by atoms with van der Waals surface area (Å²) in [5.74, 6) is 0. The largest absolute Gasteiger partial charge is 0.310 e. The van der Waals surface area contributed by atoms with Crippen molar-refractivity contribution in [2.75, 3.05) is 4.90 Å². The molecule has 41 heavy (non-hydrogen) atoms. The summed E-state index contributed by atoms with van der Waals surface area (Å²) >= 11 is 0. The first-order valence-corrected chi connectivity index (χ1v) is 13.4. The van der Waals surface area contributed by atoms with E-state index >= 15 is 0 Å². The Labute approximate surface area is 252 Å². The van der Waals surface area contributed by atoms with Crippen molar-refractivity contribution in [3.05, 3.63) is 164 Å². The molecule has 0 heterocycles. The second-order valence-electron chi connectivity index (χ2n) is 9.92. The third kappa shape index (κ3) is 4.02. The predicted octanol–water partition coefficient (Wildman–Crippen LogP) is 11.4. The van der Waals surface area contributed by atoms with Crippen LogP contribution >= 0.6 is 0 Å². The van der Waals surface area contributed by atoms with Crippen LogP contribution in [0.5, 0.6) is 0 Å². The summed E-state index contributed by atoms with van der Waals surface area (Å²) in [4.78, 5) is 1.31. The number of anilines is 3. The maximum absolute atomic E-state index is 9.42. The lowest BCUT2D eigenvalue weighted by molar-refractivity contribution is 1.30. The van der Waals surface area contributed by atoms with Gasteiger partial charge in [-0.1, -0.05) is 127 Å². The van der Waals surface area contributed by atoms with Gasteiger partial charge in [0.2, 0.25) is 0 Å². The fourth-order valence-electron chi connectivity index (χ4n) is 5.65. The van der Waals surface area contributed by atoms with Crippen molar-refractivity contribution in [3.63, 3.8) is 0 Å². The van der Waals surface area contributed by atoms with Crippen molar-refractivity contribution in [2.24, 2.45) is 0 Å². The Kier molecular flexibility index (Phi) is 3.77. The molecule has 0 spiro atoms. The van der Waals surface area contributed by atoms with Crippen LogP contribution < -0.4 is 4.90 Å². The van der Waals surface area contributed by atoms with Crippen molar-refractivity contribution in [3.8, 4) is 11.1 Å². The number of nitrogens with zero attached hydrogens (tertiary/aromatic N) is 1. The van der Waals surface area contributed by atoms with Crippen LogP contribution in [0, 0.1) is 0 Å². The van der Waals surface area contributed by atoms with Crippen LogP contribution in [0.25, 0.3) is 54.2 Å². The van der Waals surface area contributed by atoms with Gasteiger partial charge in [0.25, 0.3) is 0 Å². The zero-order valence-electron chi connectivity index (χ0n) is 30.8. The highest BCUT2D eigenvalue weighted by atomic mass is 15.1. The molecule has 0 aliphatic heterocycles. The molecular formula is C40H27N. The van der Waals surface area contributed by atoms with Gasteiger partial charge in [0.1, 0.15) is 0 Å². The molecule has 0 amide bonds. The second-order valence-corrected chi connectivity index (χ2v) is 9.92. The van der Waals surface area contributed by atoms with Gasteiger partial charge in [-0.3, -0.25) is 0 Å². The van der Waals surface area contributed by atoms with Gasteiger partial charge in [-0.05, 0) is 85.1 Å². The van der Waals surface area contributed by atoms with Gasteiger partial charge in [-0.25, -0.2) is 0 Å². The van der Waals surface area contributed by atoms with E-state index in [2.05, 4.69) is 0 Å². The molecule has 0 aliphatic rings. The third-order valence-corrected chi connectivity index (χ3v) is 7.57. The van der Waals surface area contributed by atoms with Crippen LogP contribution in [-0.2, 0) is 0 Å². The Balaban J connectivity index is 1.47. The minimum atomic E-state index is -0.578. The zero-order chi connectivity index (χ0) is 35.0. The lowest BCUT2D eigenvalue weighted by atomic mass is 9.96. The van der Waals surface area contributed by atoms with Gasteiger partial charge in [0.05, 0.1) is 18.0 Å². The van der Waals surface area contributed by atoms with E-state index < -0.39 is 42.3 Å². The predicted molar refractivity (Wildman–Crippen MR) is 177 cm³/mol. The normalized spacial score (nSPS) is 14.5. The summed E-state index contributed by atoms with van der Waals surface area (Å²) in [5.41, 5.74) is 0.450. The highest BCUT2D eigenvalue weighted by molar-refractivity contribution is 6.14. The van der Waals surface area contributed by atoms with Gasteiger partial charge < -0.3 is 4.90 Å². The summed E-state index contributed by atoms with van der Waals surface area (Å²) in [7, 11) is 0. The molecule has 0 saturated heterocycles. The zero-order valence-corrected chi connectivity index (χ0v) is 21.8. The number of benzene rings is 8. The number of rotatable bonds is 4. The highest BCUT2D eigenvalue weighted by Crippen LogP contribution is 2.42. The Morgan fingerprint density at radius 1 is 0.390 bits per heavy atom. The van der Waals surface area contributed by atoms with E-state index in [1.807, 2.05) is 97.1 Å². The van der Waals surface area contributed by atoms with E-state index in [9.17, 15) is 5.48 Å². The van der Waals surface area contributed by atoms with Gasteiger partial charge in [-0.2, -0.15) is 0 Å². The summed E-state index contributed by atoms with van der Waals surface area (Å²) in [5, 5.41) is 7.06. The molecule has 192 valence electrons. The fraction of sp³-hybridized carbons (Fsp3) is 0. The first kappa shape index (κ1) is 16.0. The average molecular weight is 531 g/mol. The third-order valence-electron chi connectivity index (χ3n) is 7.57. The van der Waals surface area contributed by atoms with Crippen molar-refractivity contribution in [2.45, 2.75) is 0 Å². The number of hydrogen-bond donors (Lipinski definition) is 0. The van der Waals surface area contributed by atoms with Crippen LogP contribution in [0.4, 0.5) is 17.1 Å². The number of hydrogen-bond acceptors (Lipinski definition) is 1. The standard InChI is InChI=1S/C40H27N/c1-2-12-33(13-3-1)41(40-27-32-11-5-7-15-36(32)37-16-8-9-17-38(37)40)34-24-22-28(23-25-34)31-21-20-30-19-18-29-10-4-6-14-35(29)39(30)26-31/h1-27H/i1D,2D,3D,12D,13D,22D,23D,24D,25D. The van der Waals surface area contributed by atoms with Gasteiger partial charge in [0, 0.05) is 16.8 Å². The van der Waals surface area contributed by atoms with Gasteiger partial charge in [0.15, 0.2) is 0 Å². The topological polar surface area (TPSA) is 3.24 Å². The Morgan fingerprint density at radius 2 is 0.951 bits per heavy atom. The molecule has 8 rings (SSSR count). The molecule has 8 aromatic carbocycles. The van der Waals surface area contributed by atoms with E-state index in [4.69, 9.17) is 6.85 Å². The van der Waals surface area contributed by atoms with Crippen LogP contribution in [0.15, 0.2) is 164 Å². The molecule has 0 aliphatic carbocycles. The van der Waals surface area contributed by atoms with Crippen molar-refractivity contribution in [1.29, 1.82) is 0 Å². The van der Waals surface area contributed by atoms with Crippen molar-refractivity contribution in [1.82, 2.24) is 0 Å². The van der Waals surface area contributed by atoms with E-state index in [1.165, 1.54) is 4.90 Å². The Morgan fingerprint density at radius 3 is 1.71 bits per heavy atom. The van der Waals surface area contributed by atoms with E-state index in [1.54, 1.807) is 12.1 Å². The molecule has 1 nitrogen and oxygen atoms in total. The monoisotopic (exact) mass is 530 g/mol. The first-order valence-electron chi connectivity index (χ1n) is 17.9. The summed E-state index contributed by atoms with van der Waals surface area (Å²) in [6.45, 7) is 0. The lowest BCUT2D eigenvalue weighted by Gasteiger charge is -2.27. The number of fused-ring (bicyclic) bond motifs is 6. The van der Waals surface area contributed by atoms with Crippen LogP contribution in [0.1, 0.15) is 12.3 Å². The molecule has 0 saturated carbocycles. The lowest BCUT2D eigenvalue weighted by Crippen LogP contribution is -2.10. The van der Waals surface area contributed by atoms with Crippen LogP contribution in [0.2, 0.25) is 0 Å². The van der Waals surface area contributed by atoms with Crippen LogP contribution in [0.3, 0.4) is 0 Å². The molecule has 0 radical (unpaired) electrons. The minimum absolute atomic E-state index is 0.1000. The number of para-hydroxylation sites is 1. The van der Waals surface area contributed by atoms with E-state index in [0.29, 0.717) is 16.6 Å². The molecule has 0 aromatic heterocycles. The van der Waals surface area contributed by atoms with Crippen LogP contribution in [-0.4, -0.2) is 0 Å². The second kappa shape index (κ2) is 9.66. The quantitative estimate of drug-likeness (QED) is 0.205. The molecule has 0 N–H and O–H groups in total. The average Bonchev–Trinajstić information content (AvgIpc) is 3.14. The van der Waals surface area contributed by atoms with E-state index in [-0.39, 0.29) is 29.0 Å².